The number of imidazole rings is 1. The maximum absolute atomic E-state index is 12.1. The number of hydrogen-bond donors (Lipinski definition) is 3. The Morgan fingerprint density at radius 3 is 2.83 bits per heavy atom. The van der Waals surface area contributed by atoms with Crippen molar-refractivity contribution >= 4 is 17.1 Å². The van der Waals surface area contributed by atoms with Gasteiger partial charge >= 0.3 is 6.03 Å². The number of carbonyl (C=O) groups is 1. The highest BCUT2D eigenvalue weighted by atomic mass is 16.3. The van der Waals surface area contributed by atoms with E-state index in [1.54, 1.807) is 0 Å². The van der Waals surface area contributed by atoms with Gasteiger partial charge in [0.15, 0.2) is 0 Å². The van der Waals surface area contributed by atoms with Gasteiger partial charge in [0, 0.05) is 13.1 Å². The molecular weight excluding hydrogens is 304 g/mol. The molecule has 1 heterocycles. The number of aliphatic hydroxyl groups is 1. The number of rotatable bonds is 6. The van der Waals surface area contributed by atoms with Crippen molar-refractivity contribution < 1.29 is 9.90 Å². The lowest BCUT2D eigenvalue weighted by atomic mass is 9.99. The van der Waals surface area contributed by atoms with E-state index in [0.29, 0.717) is 6.54 Å². The van der Waals surface area contributed by atoms with Crippen LogP contribution in [0.15, 0.2) is 24.3 Å². The molecule has 2 amide bonds. The van der Waals surface area contributed by atoms with Gasteiger partial charge in [-0.1, -0.05) is 25.0 Å². The van der Waals surface area contributed by atoms with Crippen LogP contribution in [0, 0.1) is 6.92 Å². The second kappa shape index (κ2) is 7.21. The summed E-state index contributed by atoms with van der Waals surface area (Å²) in [6.45, 7) is 3.43. The molecule has 1 saturated carbocycles. The standard InChI is InChI=1S/C18H26N4O2/c1-14-20-15-7-2-3-8-16(15)22(14)12-6-11-19-17(24)21-18(13-23)9-4-5-10-18/h2-3,7-8,23H,4-6,9-13H2,1H3,(H2,19,21,24). The number of aromatic nitrogens is 2. The Hall–Kier alpha value is -2.08. The SMILES string of the molecule is Cc1nc2ccccc2n1CCCNC(=O)NC1(CO)CCCC1. The zero-order valence-corrected chi connectivity index (χ0v) is 14.2. The maximum atomic E-state index is 12.1. The Labute approximate surface area is 142 Å². The van der Waals surface area contributed by atoms with E-state index in [9.17, 15) is 9.90 Å². The molecular formula is C18H26N4O2. The minimum Gasteiger partial charge on any atom is -0.394 e. The highest BCUT2D eigenvalue weighted by molar-refractivity contribution is 5.76. The summed E-state index contributed by atoms with van der Waals surface area (Å²) < 4.78 is 2.18. The minimum atomic E-state index is -0.415. The van der Waals surface area contributed by atoms with Crippen molar-refractivity contribution in [2.45, 2.75) is 51.1 Å². The molecule has 0 saturated heterocycles. The first-order valence-corrected chi connectivity index (χ1v) is 8.72. The maximum Gasteiger partial charge on any atom is 0.315 e. The second-order valence-corrected chi connectivity index (χ2v) is 6.68. The van der Waals surface area contributed by atoms with Crippen molar-refractivity contribution in [1.29, 1.82) is 0 Å². The lowest BCUT2D eigenvalue weighted by molar-refractivity contribution is 0.163. The molecule has 6 nitrogen and oxygen atoms in total. The number of nitrogens with one attached hydrogen (secondary N) is 2. The van der Waals surface area contributed by atoms with E-state index in [-0.39, 0.29) is 12.6 Å². The first kappa shape index (κ1) is 16.8. The van der Waals surface area contributed by atoms with E-state index in [1.165, 1.54) is 0 Å². The summed E-state index contributed by atoms with van der Waals surface area (Å²) in [5.74, 6) is 0.992. The van der Waals surface area contributed by atoms with E-state index in [1.807, 2.05) is 25.1 Å². The minimum absolute atomic E-state index is 0.0145. The van der Waals surface area contributed by atoms with Crippen molar-refractivity contribution in [3.63, 3.8) is 0 Å². The first-order chi connectivity index (χ1) is 11.6. The number of fused-ring (bicyclic) bond motifs is 1. The average Bonchev–Trinajstić information content (AvgIpc) is 3.16. The number of amides is 2. The normalized spacial score (nSPS) is 16.4. The molecule has 0 bridgehead atoms. The van der Waals surface area contributed by atoms with Crippen LogP contribution in [0.25, 0.3) is 11.0 Å². The molecule has 2 aromatic rings. The van der Waals surface area contributed by atoms with E-state index < -0.39 is 5.54 Å². The Kier molecular flexibility index (Phi) is 5.04. The molecule has 130 valence electrons. The monoisotopic (exact) mass is 330 g/mol. The lowest BCUT2D eigenvalue weighted by Crippen LogP contribution is -2.53. The number of carbonyl (C=O) groups excluding carboxylic acids is 1. The second-order valence-electron chi connectivity index (χ2n) is 6.68. The van der Waals surface area contributed by atoms with E-state index >= 15 is 0 Å². The molecule has 1 aromatic heterocycles. The largest absolute Gasteiger partial charge is 0.394 e. The van der Waals surface area contributed by atoms with Crippen molar-refractivity contribution in [3.8, 4) is 0 Å². The summed E-state index contributed by atoms with van der Waals surface area (Å²) in [7, 11) is 0. The molecule has 1 aliphatic rings. The van der Waals surface area contributed by atoms with Crippen LogP contribution in [0.3, 0.4) is 0 Å². The van der Waals surface area contributed by atoms with Crippen molar-refractivity contribution in [1.82, 2.24) is 20.2 Å². The number of aryl methyl sites for hydroxylation is 2. The van der Waals surface area contributed by atoms with E-state index in [2.05, 4.69) is 26.3 Å². The van der Waals surface area contributed by atoms with Crippen LogP contribution in [0.5, 0.6) is 0 Å². The van der Waals surface area contributed by atoms with Crippen LogP contribution in [-0.2, 0) is 6.54 Å². The fraction of sp³-hybridized carbons (Fsp3) is 0.556. The molecule has 3 N–H and O–H groups in total. The van der Waals surface area contributed by atoms with Crippen LogP contribution >= 0.6 is 0 Å². The molecule has 24 heavy (non-hydrogen) atoms. The van der Waals surface area contributed by atoms with Crippen molar-refractivity contribution in [3.05, 3.63) is 30.1 Å². The zero-order valence-electron chi connectivity index (χ0n) is 14.2. The topological polar surface area (TPSA) is 79.2 Å². The molecule has 0 aliphatic heterocycles. The van der Waals surface area contributed by atoms with Crippen molar-refractivity contribution in [2.75, 3.05) is 13.2 Å². The Morgan fingerprint density at radius 1 is 1.33 bits per heavy atom. The van der Waals surface area contributed by atoms with Gasteiger partial charge in [0.1, 0.15) is 5.82 Å². The number of urea groups is 1. The third-order valence-corrected chi connectivity index (χ3v) is 4.93. The predicted molar refractivity (Wildman–Crippen MR) is 93.9 cm³/mol. The highest BCUT2D eigenvalue weighted by Gasteiger charge is 2.34. The lowest BCUT2D eigenvalue weighted by Gasteiger charge is -2.28. The molecule has 0 unspecified atom stereocenters. The summed E-state index contributed by atoms with van der Waals surface area (Å²) in [5.41, 5.74) is 1.72. The molecule has 0 radical (unpaired) electrons. The summed E-state index contributed by atoms with van der Waals surface area (Å²) in [6, 6.07) is 7.91. The quantitative estimate of drug-likeness (QED) is 0.711. The summed E-state index contributed by atoms with van der Waals surface area (Å²) >= 11 is 0. The summed E-state index contributed by atoms with van der Waals surface area (Å²) in [5, 5.41) is 15.4. The fourth-order valence-electron chi connectivity index (χ4n) is 3.58. The van der Waals surface area contributed by atoms with Gasteiger partial charge in [-0.25, -0.2) is 9.78 Å². The molecule has 1 fully saturated rings. The number of para-hydroxylation sites is 2. The number of aliphatic hydroxyl groups excluding tert-OH is 1. The number of hydrogen-bond acceptors (Lipinski definition) is 3. The highest BCUT2D eigenvalue weighted by Crippen LogP contribution is 2.28. The van der Waals surface area contributed by atoms with E-state index in [0.717, 1.165) is 55.5 Å². The smallest absolute Gasteiger partial charge is 0.315 e. The van der Waals surface area contributed by atoms with Crippen LogP contribution in [0.4, 0.5) is 4.79 Å². The van der Waals surface area contributed by atoms with E-state index in [4.69, 9.17) is 0 Å². The fourth-order valence-corrected chi connectivity index (χ4v) is 3.58. The molecule has 3 rings (SSSR count). The van der Waals surface area contributed by atoms with Crippen LogP contribution in [-0.4, -0.2) is 39.4 Å². The molecule has 0 atom stereocenters. The molecule has 1 aliphatic carbocycles. The number of benzene rings is 1. The van der Waals surface area contributed by atoms with Gasteiger partial charge in [0.05, 0.1) is 23.2 Å². The van der Waals surface area contributed by atoms with Crippen LogP contribution < -0.4 is 10.6 Å². The van der Waals surface area contributed by atoms with Gasteiger partial charge in [-0.15, -0.1) is 0 Å². The third kappa shape index (κ3) is 3.53. The van der Waals surface area contributed by atoms with Gasteiger partial charge in [-0.05, 0) is 38.3 Å². The Balaban J connectivity index is 1.48. The Morgan fingerprint density at radius 2 is 2.08 bits per heavy atom. The zero-order chi connectivity index (χ0) is 17.0. The molecule has 0 spiro atoms. The van der Waals surface area contributed by atoms with Gasteiger partial charge in [0.25, 0.3) is 0 Å². The van der Waals surface area contributed by atoms with Gasteiger partial charge in [-0.3, -0.25) is 0 Å². The first-order valence-electron chi connectivity index (χ1n) is 8.72. The molecule has 6 heteroatoms. The average molecular weight is 330 g/mol. The van der Waals surface area contributed by atoms with Crippen LogP contribution in [0.1, 0.15) is 37.9 Å². The van der Waals surface area contributed by atoms with Gasteiger partial charge < -0.3 is 20.3 Å². The van der Waals surface area contributed by atoms with Gasteiger partial charge in [-0.2, -0.15) is 0 Å². The van der Waals surface area contributed by atoms with Gasteiger partial charge in [0.2, 0.25) is 0 Å². The molecule has 1 aromatic carbocycles. The Bertz CT molecular complexity index is 704. The van der Waals surface area contributed by atoms with Crippen LogP contribution in [0.2, 0.25) is 0 Å². The van der Waals surface area contributed by atoms with Crippen molar-refractivity contribution in [2.24, 2.45) is 0 Å². The number of nitrogens with zero attached hydrogens (tertiary/aromatic N) is 2. The third-order valence-electron chi connectivity index (χ3n) is 4.93. The summed E-state index contributed by atoms with van der Waals surface area (Å²) in [4.78, 5) is 16.6. The summed E-state index contributed by atoms with van der Waals surface area (Å²) in [6.07, 6.45) is 4.68. The predicted octanol–water partition coefficient (Wildman–Crippen LogP) is 2.34.